The second-order valence-electron chi connectivity index (χ2n) is 5.56. The number of rotatable bonds is 6. The van der Waals surface area contributed by atoms with Crippen molar-refractivity contribution in [1.82, 2.24) is 10.6 Å². The summed E-state index contributed by atoms with van der Waals surface area (Å²) in [5, 5.41) is 5.23. The molecule has 0 aromatic heterocycles. The van der Waals surface area contributed by atoms with Crippen LogP contribution in [0.1, 0.15) is 12.0 Å². The van der Waals surface area contributed by atoms with Crippen LogP contribution in [-0.4, -0.2) is 53.0 Å². The second kappa shape index (κ2) is 9.62. The van der Waals surface area contributed by atoms with E-state index in [-0.39, 0.29) is 48.8 Å². The van der Waals surface area contributed by atoms with Crippen LogP contribution in [0.25, 0.3) is 0 Å². The standard InChI is InChI=1S/C15H21F3N4O2S.HI/c1-19-14(20-8-7-15(16,17)18)21-9-11-25(23,24)22-10-6-12-4-2-3-5-13(12)22;/h2-5H,6-11H2,1H3,(H2,19,20,21);1H. The van der Waals surface area contributed by atoms with Crippen LogP contribution in [-0.2, 0) is 16.4 Å². The Morgan fingerprint density at radius 2 is 1.88 bits per heavy atom. The van der Waals surface area contributed by atoms with E-state index in [0.29, 0.717) is 18.7 Å². The minimum Gasteiger partial charge on any atom is -0.356 e. The molecule has 1 aromatic carbocycles. The van der Waals surface area contributed by atoms with E-state index in [1.807, 2.05) is 12.1 Å². The zero-order valence-electron chi connectivity index (χ0n) is 14.2. The van der Waals surface area contributed by atoms with Gasteiger partial charge in [-0.2, -0.15) is 13.2 Å². The molecule has 1 aliphatic rings. The fourth-order valence-electron chi connectivity index (χ4n) is 2.55. The minimum absolute atomic E-state index is 0. The predicted octanol–water partition coefficient (Wildman–Crippen LogP) is 2.11. The molecule has 0 spiro atoms. The number of alkyl halides is 3. The molecule has 0 radical (unpaired) electrons. The number of hydrogen-bond donors (Lipinski definition) is 2. The Labute approximate surface area is 168 Å². The van der Waals surface area contributed by atoms with Gasteiger partial charge >= 0.3 is 6.18 Å². The Bertz CT molecular complexity index is 726. The van der Waals surface area contributed by atoms with Gasteiger partial charge in [0.15, 0.2) is 5.96 Å². The van der Waals surface area contributed by atoms with Crippen LogP contribution in [0.3, 0.4) is 0 Å². The van der Waals surface area contributed by atoms with Crippen molar-refractivity contribution in [2.24, 2.45) is 4.99 Å². The lowest BCUT2D eigenvalue weighted by Crippen LogP contribution is -2.42. The first-order valence-electron chi connectivity index (χ1n) is 7.82. The largest absolute Gasteiger partial charge is 0.390 e. The molecule has 11 heteroatoms. The van der Waals surface area contributed by atoms with Gasteiger partial charge < -0.3 is 10.6 Å². The molecule has 0 unspecified atom stereocenters. The van der Waals surface area contributed by atoms with E-state index in [9.17, 15) is 21.6 Å². The number of nitrogens with one attached hydrogen (secondary N) is 2. The number of nitrogens with zero attached hydrogens (tertiary/aromatic N) is 2. The van der Waals surface area contributed by atoms with Crippen LogP contribution < -0.4 is 14.9 Å². The molecule has 1 aromatic rings. The summed E-state index contributed by atoms with van der Waals surface area (Å²) in [6.45, 7) is 0.127. The molecule has 2 N–H and O–H groups in total. The molecule has 148 valence electrons. The maximum Gasteiger partial charge on any atom is 0.390 e. The predicted molar refractivity (Wildman–Crippen MR) is 107 cm³/mol. The van der Waals surface area contributed by atoms with Gasteiger partial charge in [0.25, 0.3) is 0 Å². The fraction of sp³-hybridized carbons (Fsp3) is 0.533. The zero-order valence-corrected chi connectivity index (χ0v) is 17.4. The third kappa shape index (κ3) is 6.49. The number of anilines is 1. The van der Waals surface area contributed by atoms with Gasteiger partial charge in [0.05, 0.1) is 17.9 Å². The molecule has 0 atom stereocenters. The molecule has 0 fully saturated rings. The Kier molecular flexibility index (Phi) is 8.44. The molecule has 2 rings (SSSR count). The number of para-hydroxylation sites is 1. The number of halogens is 4. The van der Waals surface area contributed by atoms with Crippen LogP contribution in [0, 0.1) is 0 Å². The molecule has 26 heavy (non-hydrogen) atoms. The molecule has 0 saturated heterocycles. The van der Waals surface area contributed by atoms with Crippen LogP contribution in [0.15, 0.2) is 29.3 Å². The molecule has 0 bridgehead atoms. The normalized spacial score (nSPS) is 14.6. The summed E-state index contributed by atoms with van der Waals surface area (Å²) >= 11 is 0. The van der Waals surface area contributed by atoms with Crippen molar-refractivity contribution in [2.75, 3.05) is 36.7 Å². The molecular formula is C15H22F3IN4O2S. The zero-order chi connectivity index (χ0) is 18.5. The fourth-order valence-corrected chi connectivity index (χ4v) is 3.98. The summed E-state index contributed by atoms with van der Waals surface area (Å²) in [6.07, 6.45) is -4.57. The number of hydrogen-bond acceptors (Lipinski definition) is 3. The third-order valence-corrected chi connectivity index (χ3v) is 5.53. The molecule has 6 nitrogen and oxygen atoms in total. The second-order valence-corrected chi connectivity index (χ2v) is 7.57. The first kappa shape index (κ1) is 22.8. The van der Waals surface area contributed by atoms with Gasteiger partial charge in [-0.05, 0) is 18.1 Å². The van der Waals surface area contributed by atoms with E-state index in [0.717, 1.165) is 5.56 Å². The Morgan fingerprint density at radius 3 is 2.54 bits per heavy atom. The summed E-state index contributed by atoms with van der Waals surface area (Å²) in [5.41, 5.74) is 1.68. The van der Waals surface area contributed by atoms with Crippen molar-refractivity contribution >= 4 is 45.6 Å². The van der Waals surface area contributed by atoms with E-state index in [2.05, 4.69) is 15.6 Å². The van der Waals surface area contributed by atoms with Crippen molar-refractivity contribution in [3.8, 4) is 0 Å². The Hall–Kier alpha value is -1.24. The van der Waals surface area contributed by atoms with Gasteiger partial charge in [0.2, 0.25) is 10.0 Å². The number of guanidine groups is 1. The van der Waals surface area contributed by atoms with Crippen molar-refractivity contribution < 1.29 is 21.6 Å². The van der Waals surface area contributed by atoms with Crippen LogP contribution in [0.5, 0.6) is 0 Å². The lowest BCUT2D eigenvalue weighted by atomic mass is 10.2. The van der Waals surface area contributed by atoms with Crippen LogP contribution in [0.2, 0.25) is 0 Å². The third-order valence-electron chi connectivity index (χ3n) is 3.76. The summed E-state index contributed by atoms with van der Waals surface area (Å²) < 4.78 is 62.7. The van der Waals surface area contributed by atoms with E-state index in [4.69, 9.17) is 0 Å². The lowest BCUT2D eigenvalue weighted by molar-refractivity contribution is -0.132. The van der Waals surface area contributed by atoms with Gasteiger partial charge in [0, 0.05) is 26.7 Å². The van der Waals surface area contributed by atoms with E-state index in [1.54, 1.807) is 12.1 Å². The SMILES string of the molecule is CN=C(NCCC(F)(F)F)NCCS(=O)(=O)N1CCc2ccccc21.I. The quantitative estimate of drug-likeness (QED) is 0.353. The highest BCUT2D eigenvalue weighted by atomic mass is 127. The van der Waals surface area contributed by atoms with Gasteiger partial charge in [-0.1, -0.05) is 18.2 Å². The number of benzene rings is 1. The topological polar surface area (TPSA) is 73.8 Å². The van der Waals surface area contributed by atoms with Crippen LogP contribution in [0.4, 0.5) is 18.9 Å². The monoisotopic (exact) mass is 506 g/mol. The van der Waals surface area contributed by atoms with E-state index < -0.39 is 22.6 Å². The average molecular weight is 506 g/mol. The maximum atomic E-state index is 12.5. The molecule has 0 amide bonds. The summed E-state index contributed by atoms with van der Waals surface area (Å²) in [6, 6.07) is 7.32. The first-order valence-corrected chi connectivity index (χ1v) is 9.43. The van der Waals surface area contributed by atoms with Crippen molar-refractivity contribution in [3.63, 3.8) is 0 Å². The van der Waals surface area contributed by atoms with Crippen molar-refractivity contribution in [1.29, 1.82) is 0 Å². The van der Waals surface area contributed by atoms with Crippen molar-refractivity contribution in [3.05, 3.63) is 29.8 Å². The Morgan fingerprint density at radius 1 is 1.23 bits per heavy atom. The van der Waals surface area contributed by atoms with Crippen molar-refractivity contribution in [2.45, 2.75) is 19.0 Å². The number of fused-ring (bicyclic) bond motifs is 1. The number of aliphatic imine (C=N–C) groups is 1. The maximum absolute atomic E-state index is 12.5. The van der Waals surface area contributed by atoms with Gasteiger partial charge in [-0.3, -0.25) is 9.30 Å². The molecule has 1 heterocycles. The van der Waals surface area contributed by atoms with Gasteiger partial charge in [0.1, 0.15) is 0 Å². The summed E-state index contributed by atoms with van der Waals surface area (Å²) in [7, 11) is -2.10. The Balaban J connectivity index is 0.00000338. The summed E-state index contributed by atoms with van der Waals surface area (Å²) in [5.74, 6) is -0.0392. The van der Waals surface area contributed by atoms with E-state index >= 15 is 0 Å². The van der Waals surface area contributed by atoms with Crippen LogP contribution >= 0.6 is 24.0 Å². The van der Waals surface area contributed by atoms with E-state index in [1.165, 1.54) is 11.4 Å². The first-order chi connectivity index (χ1) is 11.7. The average Bonchev–Trinajstić information content (AvgIpc) is 2.97. The lowest BCUT2D eigenvalue weighted by Gasteiger charge is -2.20. The van der Waals surface area contributed by atoms with Gasteiger partial charge in [-0.25, -0.2) is 8.42 Å². The highest BCUT2D eigenvalue weighted by molar-refractivity contribution is 14.0. The smallest absolute Gasteiger partial charge is 0.356 e. The highest BCUT2D eigenvalue weighted by Gasteiger charge is 2.29. The number of sulfonamides is 1. The molecule has 1 aliphatic heterocycles. The molecule has 0 aliphatic carbocycles. The summed E-state index contributed by atoms with van der Waals surface area (Å²) in [4.78, 5) is 3.78. The van der Waals surface area contributed by atoms with Gasteiger partial charge in [-0.15, -0.1) is 24.0 Å². The minimum atomic E-state index is -4.25. The molecule has 0 saturated carbocycles. The highest BCUT2D eigenvalue weighted by Crippen LogP contribution is 2.29. The molecular weight excluding hydrogens is 484 g/mol.